The quantitative estimate of drug-likeness (QED) is 0.931. The van der Waals surface area contributed by atoms with Gasteiger partial charge in [0.25, 0.3) is 5.91 Å². The van der Waals surface area contributed by atoms with Gasteiger partial charge in [-0.3, -0.25) is 4.79 Å². The molecule has 0 saturated heterocycles. The van der Waals surface area contributed by atoms with Crippen LogP contribution >= 0.6 is 0 Å². The number of pyridine rings is 1. The van der Waals surface area contributed by atoms with Gasteiger partial charge in [-0.2, -0.15) is 0 Å². The Hall–Kier alpha value is -2.36. The van der Waals surface area contributed by atoms with E-state index in [0.29, 0.717) is 11.4 Å². The smallest absolute Gasteiger partial charge is 0.258 e. The van der Waals surface area contributed by atoms with Gasteiger partial charge in [0.1, 0.15) is 5.82 Å². The number of hydrogen-bond donors (Lipinski definition) is 1. The Balaban J connectivity index is 2.36. The molecule has 1 N–H and O–H groups in total. The van der Waals surface area contributed by atoms with Crippen LogP contribution in [0, 0.1) is 13.8 Å². The summed E-state index contributed by atoms with van der Waals surface area (Å²) in [5, 5.41) is 2.97. The first-order chi connectivity index (χ1) is 9.52. The fourth-order valence-electron chi connectivity index (χ4n) is 2.16. The second-order valence-corrected chi connectivity index (χ2v) is 4.78. The van der Waals surface area contributed by atoms with Gasteiger partial charge in [-0.05, 0) is 37.6 Å². The van der Waals surface area contributed by atoms with Crippen LogP contribution in [0.5, 0.6) is 0 Å². The average Bonchev–Trinajstić information content (AvgIpc) is 2.45. The molecule has 0 saturated carbocycles. The first-order valence-electron chi connectivity index (χ1n) is 6.53. The van der Waals surface area contributed by atoms with Crippen LogP contribution in [-0.2, 0) is 0 Å². The molecule has 2 rings (SSSR count). The second-order valence-electron chi connectivity index (χ2n) is 4.78. The van der Waals surface area contributed by atoms with E-state index in [2.05, 4.69) is 10.3 Å². The number of carbonyl (C=O) groups excluding carboxylic acids is 1. The lowest BCUT2D eigenvalue weighted by Crippen LogP contribution is -2.27. The molecule has 1 amide bonds. The van der Waals surface area contributed by atoms with Crippen LogP contribution in [0.1, 0.15) is 21.6 Å². The molecule has 0 bridgehead atoms. The SMILES string of the molecule is CNc1cc(C(=O)N(C)c2ccccc2C)cc(C)n1. The van der Waals surface area contributed by atoms with Crippen molar-refractivity contribution in [2.45, 2.75) is 13.8 Å². The molecule has 4 heteroatoms. The fourth-order valence-corrected chi connectivity index (χ4v) is 2.16. The molecular weight excluding hydrogens is 250 g/mol. The van der Waals surface area contributed by atoms with Crippen molar-refractivity contribution in [3.8, 4) is 0 Å². The number of hydrogen-bond acceptors (Lipinski definition) is 3. The van der Waals surface area contributed by atoms with Crippen molar-refractivity contribution in [2.24, 2.45) is 0 Å². The van der Waals surface area contributed by atoms with E-state index in [1.54, 1.807) is 31.1 Å². The van der Waals surface area contributed by atoms with E-state index in [9.17, 15) is 4.79 Å². The highest BCUT2D eigenvalue weighted by Crippen LogP contribution is 2.21. The zero-order chi connectivity index (χ0) is 14.7. The van der Waals surface area contributed by atoms with Gasteiger partial charge < -0.3 is 10.2 Å². The number of nitrogens with zero attached hydrogens (tertiary/aromatic N) is 2. The van der Waals surface area contributed by atoms with E-state index in [0.717, 1.165) is 16.9 Å². The predicted molar refractivity (Wildman–Crippen MR) is 82.4 cm³/mol. The Kier molecular flexibility index (Phi) is 4.03. The number of amides is 1. The number of para-hydroxylation sites is 1. The van der Waals surface area contributed by atoms with Gasteiger partial charge in [-0.1, -0.05) is 18.2 Å². The molecule has 1 aromatic carbocycles. The van der Waals surface area contributed by atoms with Gasteiger partial charge >= 0.3 is 0 Å². The van der Waals surface area contributed by atoms with Gasteiger partial charge in [0.15, 0.2) is 0 Å². The molecule has 104 valence electrons. The number of benzene rings is 1. The maximum Gasteiger partial charge on any atom is 0.258 e. The lowest BCUT2D eigenvalue weighted by Gasteiger charge is -2.20. The van der Waals surface area contributed by atoms with Crippen molar-refractivity contribution >= 4 is 17.4 Å². The standard InChI is InChI=1S/C16H19N3O/c1-11-7-5-6-8-14(11)19(4)16(20)13-9-12(2)18-15(10-13)17-3/h5-10H,1-4H3,(H,17,18). The summed E-state index contributed by atoms with van der Waals surface area (Å²) < 4.78 is 0. The summed E-state index contributed by atoms with van der Waals surface area (Å²) in [6, 6.07) is 11.4. The van der Waals surface area contributed by atoms with Crippen molar-refractivity contribution in [3.05, 3.63) is 53.2 Å². The van der Waals surface area contributed by atoms with Gasteiger partial charge in [-0.15, -0.1) is 0 Å². The number of carbonyl (C=O) groups is 1. The minimum Gasteiger partial charge on any atom is -0.373 e. The van der Waals surface area contributed by atoms with Crippen molar-refractivity contribution in [3.63, 3.8) is 0 Å². The summed E-state index contributed by atoms with van der Waals surface area (Å²) in [5.41, 5.74) is 3.44. The average molecular weight is 269 g/mol. The van der Waals surface area contributed by atoms with Crippen LogP contribution in [0.25, 0.3) is 0 Å². The van der Waals surface area contributed by atoms with Crippen LogP contribution in [-0.4, -0.2) is 25.0 Å². The number of anilines is 2. The highest BCUT2D eigenvalue weighted by atomic mass is 16.2. The van der Waals surface area contributed by atoms with Gasteiger partial charge in [0.2, 0.25) is 0 Å². The molecule has 0 aliphatic heterocycles. The van der Waals surface area contributed by atoms with Crippen LogP contribution in [0.4, 0.5) is 11.5 Å². The summed E-state index contributed by atoms with van der Waals surface area (Å²) >= 11 is 0. The van der Waals surface area contributed by atoms with Crippen molar-refractivity contribution in [1.29, 1.82) is 0 Å². The zero-order valence-corrected chi connectivity index (χ0v) is 12.3. The Morgan fingerprint density at radius 2 is 1.90 bits per heavy atom. The normalized spacial score (nSPS) is 10.2. The largest absolute Gasteiger partial charge is 0.373 e. The third-order valence-electron chi connectivity index (χ3n) is 3.24. The summed E-state index contributed by atoms with van der Waals surface area (Å²) in [7, 11) is 3.58. The first-order valence-corrected chi connectivity index (χ1v) is 6.53. The van der Waals surface area contributed by atoms with Crippen molar-refractivity contribution in [2.75, 3.05) is 24.3 Å². The Morgan fingerprint density at radius 1 is 1.20 bits per heavy atom. The molecule has 0 radical (unpaired) electrons. The summed E-state index contributed by atoms with van der Waals surface area (Å²) in [6.45, 7) is 3.88. The molecular formula is C16H19N3O. The van der Waals surface area contributed by atoms with Crippen molar-refractivity contribution < 1.29 is 4.79 Å². The highest BCUT2D eigenvalue weighted by Gasteiger charge is 2.16. The maximum atomic E-state index is 12.6. The lowest BCUT2D eigenvalue weighted by molar-refractivity contribution is 0.0992. The summed E-state index contributed by atoms with van der Waals surface area (Å²) in [4.78, 5) is 18.6. The minimum atomic E-state index is -0.0405. The van der Waals surface area contributed by atoms with Crippen LogP contribution in [0.2, 0.25) is 0 Å². The third-order valence-corrected chi connectivity index (χ3v) is 3.24. The fraction of sp³-hybridized carbons (Fsp3) is 0.250. The summed E-state index contributed by atoms with van der Waals surface area (Å²) in [6.07, 6.45) is 0. The molecule has 0 spiro atoms. The molecule has 2 aromatic rings. The molecule has 1 aromatic heterocycles. The van der Waals surface area contributed by atoms with Crippen LogP contribution in [0.3, 0.4) is 0 Å². The lowest BCUT2D eigenvalue weighted by atomic mass is 10.1. The molecule has 0 fully saturated rings. The van der Waals surface area contributed by atoms with Gasteiger partial charge in [-0.25, -0.2) is 4.98 Å². The number of aryl methyl sites for hydroxylation is 2. The van der Waals surface area contributed by atoms with Gasteiger partial charge in [0, 0.05) is 31.0 Å². The molecule has 4 nitrogen and oxygen atoms in total. The number of aromatic nitrogens is 1. The molecule has 20 heavy (non-hydrogen) atoms. The maximum absolute atomic E-state index is 12.6. The molecule has 1 heterocycles. The monoisotopic (exact) mass is 269 g/mol. The van der Waals surface area contributed by atoms with Crippen molar-refractivity contribution in [1.82, 2.24) is 4.98 Å². The van der Waals surface area contributed by atoms with E-state index >= 15 is 0 Å². The van der Waals surface area contributed by atoms with Crippen LogP contribution < -0.4 is 10.2 Å². The summed E-state index contributed by atoms with van der Waals surface area (Å²) in [5.74, 6) is 0.660. The van der Waals surface area contributed by atoms with E-state index in [4.69, 9.17) is 0 Å². The molecule has 0 aliphatic rings. The number of rotatable bonds is 3. The second kappa shape index (κ2) is 5.74. The first kappa shape index (κ1) is 14.1. The van der Waals surface area contributed by atoms with Gasteiger partial charge in [0.05, 0.1) is 0 Å². The van der Waals surface area contributed by atoms with E-state index < -0.39 is 0 Å². The van der Waals surface area contributed by atoms with Crippen LogP contribution in [0.15, 0.2) is 36.4 Å². The topological polar surface area (TPSA) is 45.2 Å². The zero-order valence-electron chi connectivity index (χ0n) is 12.3. The Bertz CT molecular complexity index is 637. The van der Waals surface area contributed by atoms with E-state index in [-0.39, 0.29) is 5.91 Å². The number of nitrogens with one attached hydrogen (secondary N) is 1. The molecule has 0 aliphatic carbocycles. The molecule has 0 atom stereocenters. The highest BCUT2D eigenvalue weighted by molar-refractivity contribution is 6.06. The van der Waals surface area contributed by atoms with E-state index in [1.165, 1.54) is 0 Å². The Morgan fingerprint density at radius 3 is 2.55 bits per heavy atom. The Labute approximate surface area is 119 Å². The van der Waals surface area contributed by atoms with E-state index in [1.807, 2.05) is 38.1 Å². The minimum absolute atomic E-state index is 0.0405. The predicted octanol–water partition coefficient (Wildman–Crippen LogP) is 3.02. The molecule has 0 unspecified atom stereocenters. The third kappa shape index (κ3) is 2.79.